The monoisotopic (exact) mass is 770 g/mol. The summed E-state index contributed by atoms with van der Waals surface area (Å²) in [6.07, 6.45) is 0.316. The Morgan fingerprint density at radius 2 is 1.48 bits per heavy atom. The lowest BCUT2D eigenvalue weighted by molar-refractivity contribution is -0.137. The number of H-pyrrole nitrogens is 1. The molecule has 3 aromatic carbocycles. The van der Waals surface area contributed by atoms with E-state index in [9.17, 15) is 39.0 Å². The molecule has 4 atom stereocenters. The number of amides is 5. The Hall–Kier alpha value is -6.53. The maximum atomic E-state index is 13.9. The first-order chi connectivity index (χ1) is 26.7. The highest BCUT2D eigenvalue weighted by Gasteiger charge is 2.38. The number of hydrogen-bond donors (Lipinski definition) is 9. The van der Waals surface area contributed by atoms with Crippen LogP contribution in [-0.4, -0.2) is 103 Å². The third kappa shape index (κ3) is 12.8. The summed E-state index contributed by atoms with van der Waals surface area (Å²) in [5.41, 5.74) is 5.44. The molecular formula is C38H46N10O8. The summed E-state index contributed by atoms with van der Waals surface area (Å²) < 4.78 is 0. The largest absolute Gasteiger partial charge is 0.478 e. The van der Waals surface area contributed by atoms with Crippen LogP contribution in [0.2, 0.25) is 0 Å². The number of carboxylic acids is 1. The maximum absolute atomic E-state index is 13.9. The van der Waals surface area contributed by atoms with E-state index in [-0.39, 0.29) is 55.2 Å². The molecule has 1 aromatic heterocycles. The third-order valence-electron chi connectivity index (χ3n) is 8.64. The minimum Gasteiger partial charge on any atom is -0.478 e. The number of carbonyl (C=O) groups excluding carboxylic acids is 5. The molecular weight excluding hydrogens is 724 g/mol. The number of nitrogens with zero attached hydrogens (tertiary/aromatic N) is 3. The van der Waals surface area contributed by atoms with Crippen molar-refractivity contribution < 1.29 is 39.0 Å². The number of aromatic carboxylic acids is 1. The van der Waals surface area contributed by atoms with E-state index < -0.39 is 65.8 Å². The predicted molar refractivity (Wildman–Crippen MR) is 203 cm³/mol. The molecule has 56 heavy (non-hydrogen) atoms. The summed E-state index contributed by atoms with van der Waals surface area (Å²) in [6.45, 7) is 2.81. The molecule has 18 heteroatoms. The number of nitrogens with two attached hydrogens (primary N) is 1. The average molecular weight is 771 g/mol. The number of anilines is 1. The van der Waals surface area contributed by atoms with Gasteiger partial charge in [-0.25, -0.2) is 4.79 Å². The first-order valence-corrected chi connectivity index (χ1v) is 17.8. The van der Waals surface area contributed by atoms with Gasteiger partial charge < -0.3 is 42.5 Å². The van der Waals surface area contributed by atoms with Crippen LogP contribution < -0.4 is 32.3 Å². The van der Waals surface area contributed by atoms with Crippen molar-refractivity contribution in [2.45, 2.75) is 63.3 Å². The van der Waals surface area contributed by atoms with Crippen LogP contribution in [0.15, 0.2) is 84.9 Å². The first-order valence-electron chi connectivity index (χ1n) is 17.8. The fraction of sp³-hybridized carbons (Fsp3) is 0.342. The number of aromatic amines is 1. The number of carboxylic acid groups (broad SMARTS) is 1. The van der Waals surface area contributed by atoms with E-state index in [4.69, 9.17) is 5.73 Å². The Morgan fingerprint density at radius 3 is 2.11 bits per heavy atom. The van der Waals surface area contributed by atoms with Crippen molar-refractivity contribution >= 4 is 41.2 Å². The van der Waals surface area contributed by atoms with Crippen molar-refractivity contribution in [3.8, 4) is 0 Å². The summed E-state index contributed by atoms with van der Waals surface area (Å²) in [5.74, 6) is -5.33. The molecule has 0 aliphatic rings. The fourth-order valence-corrected chi connectivity index (χ4v) is 5.56. The second-order valence-corrected chi connectivity index (χ2v) is 13.6. The Bertz CT molecular complexity index is 1950. The van der Waals surface area contributed by atoms with Crippen LogP contribution in [0.3, 0.4) is 0 Å². The minimum absolute atomic E-state index is 0.0266. The molecule has 0 spiro atoms. The topological polar surface area (TPSA) is 284 Å². The zero-order chi connectivity index (χ0) is 40.7. The van der Waals surface area contributed by atoms with Crippen molar-refractivity contribution in [3.63, 3.8) is 0 Å². The van der Waals surface area contributed by atoms with Crippen molar-refractivity contribution in [2.75, 3.05) is 18.4 Å². The molecule has 18 nitrogen and oxygen atoms in total. The van der Waals surface area contributed by atoms with Gasteiger partial charge in [-0.1, -0.05) is 80.6 Å². The standard InChI is InChI=1S/C38H46N10O8/c1-23(2)18-29(44-34(51)30(19-25-12-7-4-8-13-25)43-32(49)28(39)21-40-35(52)31-45-47-48-46-31)33(50)41-22-38(56,17-16-24-10-5-3-6-11-24)37(55)42-27-15-9-14-26(20-27)36(53)54/h3-15,20,23,28-30,56H,16-19,21-22,39H2,1-2H3,(H,40,52)(H,41,50)(H,42,55)(H,43,49)(H,44,51)(H,53,54)(H,45,46,47,48)/t28-,29-,30-,38+/m0/s1. The van der Waals surface area contributed by atoms with Gasteiger partial charge in [0.2, 0.25) is 17.7 Å². The SMILES string of the molecule is CC(C)C[C@H](NC(=O)[C@H](Cc1ccccc1)NC(=O)[C@@H](N)CNC(=O)c1nn[nH]n1)C(=O)NC[C@](O)(CCc1ccccc1)C(=O)Nc1cccc(C(=O)O)c1. The molecule has 0 aliphatic heterocycles. The fourth-order valence-electron chi connectivity index (χ4n) is 5.56. The van der Waals surface area contributed by atoms with Crippen LogP contribution >= 0.6 is 0 Å². The molecule has 5 amide bonds. The molecule has 0 radical (unpaired) electrons. The molecule has 0 saturated heterocycles. The van der Waals surface area contributed by atoms with E-state index in [0.29, 0.717) is 5.56 Å². The number of tetrazole rings is 1. The van der Waals surface area contributed by atoms with Gasteiger partial charge >= 0.3 is 5.97 Å². The number of aryl methyl sites for hydroxylation is 1. The summed E-state index contributed by atoms with van der Waals surface area (Å²) in [6, 6.07) is 19.8. The molecule has 296 valence electrons. The minimum atomic E-state index is -2.17. The lowest BCUT2D eigenvalue weighted by Gasteiger charge is -2.29. The smallest absolute Gasteiger partial charge is 0.335 e. The predicted octanol–water partition coefficient (Wildman–Crippen LogP) is 0.332. The van der Waals surface area contributed by atoms with E-state index in [1.165, 1.54) is 24.3 Å². The number of aromatic nitrogens is 4. The molecule has 0 saturated carbocycles. The van der Waals surface area contributed by atoms with Crippen LogP contribution in [-0.2, 0) is 32.0 Å². The molecule has 0 aliphatic carbocycles. The van der Waals surface area contributed by atoms with E-state index >= 15 is 0 Å². The van der Waals surface area contributed by atoms with Crippen LogP contribution in [0.25, 0.3) is 0 Å². The first kappa shape index (κ1) is 42.2. The summed E-state index contributed by atoms with van der Waals surface area (Å²) >= 11 is 0. The van der Waals surface area contributed by atoms with E-state index in [1.807, 2.05) is 44.2 Å². The van der Waals surface area contributed by atoms with Gasteiger partial charge in [-0.2, -0.15) is 5.21 Å². The number of rotatable bonds is 20. The van der Waals surface area contributed by atoms with E-state index in [1.54, 1.807) is 30.3 Å². The molecule has 4 aromatic rings. The highest BCUT2D eigenvalue weighted by Crippen LogP contribution is 2.19. The van der Waals surface area contributed by atoms with Crippen molar-refractivity contribution in [1.29, 1.82) is 0 Å². The molecule has 0 fully saturated rings. The number of nitrogens with one attached hydrogen (secondary N) is 6. The van der Waals surface area contributed by atoms with Crippen LogP contribution in [0, 0.1) is 5.92 Å². The lowest BCUT2D eigenvalue weighted by atomic mass is 9.93. The number of carbonyl (C=O) groups is 6. The Labute approximate surface area is 322 Å². The average Bonchev–Trinajstić information content (AvgIpc) is 3.74. The number of aliphatic hydroxyl groups is 1. The number of hydrogen-bond acceptors (Lipinski definition) is 11. The van der Waals surface area contributed by atoms with Crippen molar-refractivity contribution in [3.05, 3.63) is 107 Å². The quantitative estimate of drug-likeness (QED) is 0.0588. The van der Waals surface area contributed by atoms with Gasteiger partial charge in [0, 0.05) is 18.7 Å². The van der Waals surface area contributed by atoms with Crippen molar-refractivity contribution in [2.24, 2.45) is 11.7 Å². The summed E-state index contributed by atoms with van der Waals surface area (Å²) in [7, 11) is 0. The van der Waals surface area contributed by atoms with Gasteiger partial charge in [0.15, 0.2) is 5.60 Å². The Balaban J connectivity index is 1.49. The van der Waals surface area contributed by atoms with Gasteiger partial charge in [-0.15, -0.1) is 10.2 Å². The highest BCUT2D eigenvalue weighted by molar-refractivity contribution is 5.99. The summed E-state index contributed by atoms with van der Waals surface area (Å²) in [4.78, 5) is 78.2. The van der Waals surface area contributed by atoms with Gasteiger partial charge in [-0.3, -0.25) is 24.0 Å². The zero-order valence-corrected chi connectivity index (χ0v) is 30.9. The van der Waals surface area contributed by atoms with E-state index in [0.717, 1.165) is 5.56 Å². The van der Waals surface area contributed by atoms with Gasteiger partial charge in [0.05, 0.1) is 12.1 Å². The Morgan fingerprint density at radius 1 is 0.821 bits per heavy atom. The highest BCUT2D eigenvalue weighted by atomic mass is 16.4. The lowest BCUT2D eigenvalue weighted by Crippen LogP contribution is -2.59. The summed E-state index contributed by atoms with van der Waals surface area (Å²) in [5, 5.41) is 46.7. The normalized spacial score (nSPS) is 13.7. The Kier molecular flexibility index (Phi) is 15.3. The number of benzene rings is 3. The van der Waals surface area contributed by atoms with Crippen LogP contribution in [0.4, 0.5) is 5.69 Å². The molecule has 0 unspecified atom stereocenters. The van der Waals surface area contributed by atoms with Crippen LogP contribution in [0.1, 0.15) is 58.8 Å². The van der Waals surface area contributed by atoms with Crippen molar-refractivity contribution in [1.82, 2.24) is 41.9 Å². The van der Waals surface area contributed by atoms with Crippen LogP contribution in [0.5, 0.6) is 0 Å². The second kappa shape index (κ2) is 20.2. The second-order valence-electron chi connectivity index (χ2n) is 13.6. The van der Waals surface area contributed by atoms with Gasteiger partial charge in [-0.05, 0) is 59.7 Å². The van der Waals surface area contributed by atoms with Gasteiger partial charge in [0.25, 0.3) is 17.6 Å². The molecule has 0 bridgehead atoms. The molecule has 10 N–H and O–H groups in total. The molecule has 4 rings (SSSR count). The van der Waals surface area contributed by atoms with E-state index in [2.05, 4.69) is 47.2 Å². The maximum Gasteiger partial charge on any atom is 0.335 e. The molecule has 1 heterocycles. The van der Waals surface area contributed by atoms with Gasteiger partial charge in [0.1, 0.15) is 18.1 Å². The zero-order valence-electron chi connectivity index (χ0n) is 30.9. The third-order valence-corrected chi connectivity index (χ3v) is 8.64.